The van der Waals surface area contributed by atoms with E-state index >= 15 is 0 Å². The summed E-state index contributed by atoms with van der Waals surface area (Å²) in [5, 5.41) is 0. The number of rotatable bonds is 3. The summed E-state index contributed by atoms with van der Waals surface area (Å²) in [5.41, 5.74) is 9.06. The highest BCUT2D eigenvalue weighted by Gasteiger charge is 2.53. The molecular weight excluding hydrogens is 240 g/mol. The molecule has 4 aliphatic rings. The zero-order chi connectivity index (χ0) is 12.2. The minimum absolute atomic E-state index is 0.367. The van der Waals surface area contributed by atoms with Gasteiger partial charge in [-0.15, -0.1) is 11.3 Å². The predicted molar refractivity (Wildman–Crippen MR) is 74.4 cm³/mol. The highest BCUT2D eigenvalue weighted by Crippen LogP contribution is 2.61. The van der Waals surface area contributed by atoms with Crippen molar-refractivity contribution in [2.45, 2.75) is 51.0 Å². The second-order valence-electron chi connectivity index (χ2n) is 7.06. The largest absolute Gasteiger partial charge is 0.327 e. The monoisotopic (exact) mass is 262 g/mol. The first-order valence-corrected chi connectivity index (χ1v) is 8.24. The van der Waals surface area contributed by atoms with Crippen molar-refractivity contribution in [3.8, 4) is 0 Å². The van der Waals surface area contributed by atoms with Crippen LogP contribution in [0.5, 0.6) is 0 Å². The van der Waals surface area contributed by atoms with Crippen molar-refractivity contribution in [3.63, 3.8) is 0 Å². The molecular formula is C15H22N2S. The molecule has 4 bridgehead atoms. The molecule has 1 aromatic rings. The summed E-state index contributed by atoms with van der Waals surface area (Å²) >= 11 is 1.76. The van der Waals surface area contributed by atoms with E-state index in [1.165, 1.54) is 43.4 Å². The van der Waals surface area contributed by atoms with Gasteiger partial charge in [-0.3, -0.25) is 4.98 Å². The van der Waals surface area contributed by atoms with E-state index in [2.05, 4.69) is 4.98 Å². The van der Waals surface area contributed by atoms with Gasteiger partial charge in [0, 0.05) is 17.1 Å². The Labute approximate surface area is 113 Å². The van der Waals surface area contributed by atoms with Gasteiger partial charge in [0.1, 0.15) is 0 Å². The van der Waals surface area contributed by atoms with Gasteiger partial charge in [-0.25, -0.2) is 0 Å². The first-order valence-electron chi connectivity index (χ1n) is 7.36. The fourth-order valence-corrected chi connectivity index (χ4v) is 6.06. The Hall–Kier alpha value is -0.410. The van der Waals surface area contributed by atoms with Gasteiger partial charge in [-0.05, 0) is 68.1 Å². The van der Waals surface area contributed by atoms with Crippen LogP contribution in [-0.4, -0.2) is 11.0 Å². The van der Waals surface area contributed by atoms with Gasteiger partial charge < -0.3 is 5.73 Å². The molecule has 4 fully saturated rings. The Balaban J connectivity index is 1.56. The predicted octanol–water partition coefficient (Wildman–Crippen LogP) is 3.23. The van der Waals surface area contributed by atoms with E-state index in [9.17, 15) is 0 Å². The quantitative estimate of drug-likeness (QED) is 0.908. The van der Waals surface area contributed by atoms with E-state index in [0.29, 0.717) is 11.5 Å². The number of nitrogens with zero attached hydrogens (tertiary/aromatic N) is 1. The van der Waals surface area contributed by atoms with Crippen LogP contribution >= 0.6 is 11.3 Å². The molecule has 0 spiro atoms. The van der Waals surface area contributed by atoms with Gasteiger partial charge in [-0.2, -0.15) is 0 Å². The maximum absolute atomic E-state index is 6.64. The maximum Gasteiger partial charge on any atom is 0.0794 e. The number of nitrogens with two attached hydrogens (primary N) is 1. The molecule has 2 N–H and O–H groups in total. The van der Waals surface area contributed by atoms with Crippen molar-refractivity contribution in [2.75, 3.05) is 0 Å². The van der Waals surface area contributed by atoms with Crippen molar-refractivity contribution in [1.29, 1.82) is 0 Å². The van der Waals surface area contributed by atoms with Crippen molar-refractivity contribution >= 4 is 11.3 Å². The Morgan fingerprint density at radius 3 is 2.33 bits per heavy atom. The Morgan fingerprint density at radius 2 is 1.83 bits per heavy atom. The lowest BCUT2D eigenvalue weighted by Crippen LogP contribution is -2.55. The molecule has 98 valence electrons. The van der Waals surface area contributed by atoms with E-state index < -0.39 is 0 Å². The smallest absolute Gasteiger partial charge is 0.0794 e. The van der Waals surface area contributed by atoms with Crippen molar-refractivity contribution in [2.24, 2.45) is 28.9 Å². The van der Waals surface area contributed by atoms with E-state index in [-0.39, 0.29) is 0 Å². The fraction of sp³-hybridized carbons (Fsp3) is 0.800. The van der Waals surface area contributed by atoms with Crippen molar-refractivity contribution in [1.82, 2.24) is 4.98 Å². The van der Waals surface area contributed by atoms with E-state index in [1.807, 2.05) is 11.7 Å². The molecule has 0 amide bonds. The second kappa shape index (κ2) is 4.04. The fourth-order valence-electron chi connectivity index (χ4n) is 5.41. The van der Waals surface area contributed by atoms with Crippen LogP contribution in [0.2, 0.25) is 0 Å². The Bertz CT molecular complexity index is 390. The summed E-state index contributed by atoms with van der Waals surface area (Å²) < 4.78 is 0. The summed E-state index contributed by atoms with van der Waals surface area (Å²) in [5.74, 6) is 3.01. The molecule has 4 saturated carbocycles. The molecule has 5 rings (SSSR count). The average Bonchev–Trinajstić information content (AvgIpc) is 2.79. The lowest BCUT2D eigenvalue weighted by atomic mass is 9.47. The van der Waals surface area contributed by atoms with Crippen molar-refractivity contribution < 1.29 is 0 Å². The lowest BCUT2D eigenvalue weighted by Gasteiger charge is -2.59. The summed E-state index contributed by atoms with van der Waals surface area (Å²) in [6.07, 6.45) is 11.8. The number of thiazole rings is 1. The molecule has 1 heterocycles. The van der Waals surface area contributed by atoms with E-state index in [4.69, 9.17) is 5.73 Å². The Morgan fingerprint density at radius 1 is 1.22 bits per heavy atom. The molecule has 1 atom stereocenters. The zero-order valence-corrected chi connectivity index (χ0v) is 11.7. The highest BCUT2D eigenvalue weighted by molar-refractivity contribution is 7.09. The molecule has 2 nitrogen and oxygen atoms in total. The second-order valence-corrected chi connectivity index (χ2v) is 8.03. The summed E-state index contributed by atoms with van der Waals surface area (Å²) in [7, 11) is 0. The van der Waals surface area contributed by atoms with Crippen LogP contribution < -0.4 is 5.73 Å². The van der Waals surface area contributed by atoms with Gasteiger partial charge in [0.2, 0.25) is 0 Å². The summed E-state index contributed by atoms with van der Waals surface area (Å²) in [6, 6.07) is 0.367. The van der Waals surface area contributed by atoms with Gasteiger partial charge in [0.15, 0.2) is 0 Å². The van der Waals surface area contributed by atoms with Gasteiger partial charge in [0.25, 0.3) is 0 Å². The summed E-state index contributed by atoms with van der Waals surface area (Å²) in [6.45, 7) is 0. The number of hydrogen-bond donors (Lipinski definition) is 1. The standard InChI is InChI=1S/C15H22N2S/c16-14(4-13-8-17-9-18-13)15-5-10-1-11(6-15)3-12(2-10)7-15/h8-12,14H,1-7,16H2. The molecule has 1 aromatic heterocycles. The van der Waals surface area contributed by atoms with Crippen LogP contribution in [0.15, 0.2) is 11.7 Å². The van der Waals surface area contributed by atoms with E-state index in [0.717, 1.165) is 24.2 Å². The van der Waals surface area contributed by atoms with Gasteiger partial charge in [-0.1, -0.05) is 0 Å². The third-order valence-corrected chi connectivity index (χ3v) is 6.58. The first kappa shape index (κ1) is 11.4. The molecule has 0 saturated heterocycles. The minimum Gasteiger partial charge on any atom is -0.327 e. The molecule has 18 heavy (non-hydrogen) atoms. The number of hydrogen-bond acceptors (Lipinski definition) is 3. The van der Waals surface area contributed by atoms with E-state index in [1.54, 1.807) is 11.3 Å². The van der Waals surface area contributed by atoms with Crippen LogP contribution in [0.4, 0.5) is 0 Å². The van der Waals surface area contributed by atoms with Crippen LogP contribution in [-0.2, 0) is 6.42 Å². The normalized spacial score (nSPS) is 43.3. The average molecular weight is 262 g/mol. The summed E-state index contributed by atoms with van der Waals surface area (Å²) in [4.78, 5) is 5.56. The third-order valence-electron chi connectivity index (χ3n) is 5.78. The first-order chi connectivity index (χ1) is 8.73. The van der Waals surface area contributed by atoms with Crippen LogP contribution in [0.3, 0.4) is 0 Å². The Kier molecular flexibility index (Phi) is 2.56. The topological polar surface area (TPSA) is 38.9 Å². The molecule has 1 unspecified atom stereocenters. The SMILES string of the molecule is NC(Cc1cncs1)C12CC3CC(CC(C3)C1)C2. The van der Waals surface area contributed by atoms with Gasteiger partial charge >= 0.3 is 0 Å². The minimum atomic E-state index is 0.367. The van der Waals surface area contributed by atoms with Crippen molar-refractivity contribution in [3.05, 3.63) is 16.6 Å². The molecule has 0 aromatic carbocycles. The molecule has 4 aliphatic carbocycles. The lowest BCUT2D eigenvalue weighted by molar-refractivity contribution is -0.0666. The number of aromatic nitrogens is 1. The van der Waals surface area contributed by atoms with Crippen LogP contribution in [0.25, 0.3) is 0 Å². The third kappa shape index (κ3) is 1.75. The van der Waals surface area contributed by atoms with Crippen LogP contribution in [0, 0.1) is 23.2 Å². The molecule has 0 aliphatic heterocycles. The van der Waals surface area contributed by atoms with Gasteiger partial charge in [0.05, 0.1) is 5.51 Å². The molecule has 3 heteroatoms. The highest BCUT2D eigenvalue weighted by atomic mass is 32.1. The maximum atomic E-state index is 6.64. The zero-order valence-electron chi connectivity index (χ0n) is 10.8. The van der Waals surface area contributed by atoms with Crippen LogP contribution in [0.1, 0.15) is 43.4 Å². The molecule has 0 radical (unpaired) electrons.